The first-order chi connectivity index (χ1) is 15.2. The van der Waals surface area contributed by atoms with E-state index in [0.717, 1.165) is 36.2 Å². The van der Waals surface area contributed by atoms with Crippen LogP contribution in [0.15, 0.2) is 34.5 Å². The van der Waals surface area contributed by atoms with Crippen molar-refractivity contribution in [3.63, 3.8) is 0 Å². The molecule has 2 heterocycles. The predicted octanol–water partition coefficient (Wildman–Crippen LogP) is 3.08. The van der Waals surface area contributed by atoms with Crippen LogP contribution in [0.25, 0.3) is 0 Å². The lowest BCUT2D eigenvalue weighted by molar-refractivity contribution is -0.151. The van der Waals surface area contributed by atoms with Crippen LogP contribution in [0.1, 0.15) is 47.2 Å². The molecule has 0 bridgehead atoms. The zero-order valence-electron chi connectivity index (χ0n) is 17.0. The summed E-state index contributed by atoms with van der Waals surface area (Å²) in [5.74, 6) is 0.926. The third kappa shape index (κ3) is 4.41. The van der Waals surface area contributed by atoms with Gasteiger partial charge in [0, 0.05) is 18.7 Å². The molecule has 32 heavy (non-hydrogen) atoms. The number of carbonyl (C=O) groups is 2. The maximum absolute atomic E-state index is 12.8. The second-order valence-electron chi connectivity index (χ2n) is 7.86. The lowest BCUT2D eigenvalue weighted by Gasteiger charge is -2.44. The molecule has 1 aromatic heterocycles. The first-order valence-electron chi connectivity index (χ1n) is 10.1. The second-order valence-corrected chi connectivity index (χ2v) is 11.4. The van der Waals surface area contributed by atoms with Crippen molar-refractivity contribution in [3.8, 4) is 12.3 Å². The van der Waals surface area contributed by atoms with Crippen LogP contribution < -0.4 is 10.0 Å². The lowest BCUT2D eigenvalue weighted by Crippen LogP contribution is -2.54. The minimum absolute atomic E-state index is 0.0203. The number of rotatable bonds is 6. The number of amides is 2. The van der Waals surface area contributed by atoms with E-state index in [1.807, 2.05) is 6.07 Å². The molecule has 2 aliphatic rings. The minimum atomic E-state index is -4.16. The van der Waals surface area contributed by atoms with Crippen LogP contribution in [0.3, 0.4) is 0 Å². The van der Waals surface area contributed by atoms with Gasteiger partial charge in [-0.25, -0.2) is 13.1 Å². The molecule has 1 aromatic carbocycles. The Kier molecular flexibility index (Phi) is 6.32. The van der Waals surface area contributed by atoms with Gasteiger partial charge >= 0.3 is 0 Å². The summed E-state index contributed by atoms with van der Waals surface area (Å²) in [4.78, 5) is 25.2. The Morgan fingerprint density at radius 1 is 1.31 bits per heavy atom. The quantitative estimate of drug-likeness (QED) is 0.603. The number of ether oxygens (including phenoxy) is 1. The zero-order valence-corrected chi connectivity index (χ0v) is 19.4. The average molecular weight is 493 g/mol. The number of sulfonamides is 1. The van der Waals surface area contributed by atoms with Gasteiger partial charge in [-0.1, -0.05) is 29.7 Å². The van der Waals surface area contributed by atoms with E-state index >= 15 is 0 Å². The normalized spacial score (nSPS) is 22.2. The maximum atomic E-state index is 12.8. The van der Waals surface area contributed by atoms with Gasteiger partial charge in [0.2, 0.25) is 5.91 Å². The van der Waals surface area contributed by atoms with Gasteiger partial charge < -0.3 is 10.1 Å². The maximum Gasteiger partial charge on any atom is 0.273 e. The lowest BCUT2D eigenvalue weighted by atomic mass is 9.67. The molecule has 4 rings (SSSR count). The van der Waals surface area contributed by atoms with E-state index in [2.05, 4.69) is 16.0 Å². The first kappa shape index (κ1) is 22.8. The van der Waals surface area contributed by atoms with Gasteiger partial charge in [-0.2, -0.15) is 0 Å². The number of terminal acetylenes is 1. The molecule has 2 amide bonds. The molecule has 1 aliphatic heterocycles. The highest BCUT2D eigenvalue weighted by atomic mass is 35.5. The largest absolute Gasteiger partial charge is 0.374 e. The van der Waals surface area contributed by atoms with Crippen LogP contribution in [0.5, 0.6) is 0 Å². The smallest absolute Gasteiger partial charge is 0.273 e. The Bertz CT molecular complexity index is 1210. The monoisotopic (exact) mass is 492 g/mol. The Hall–Kier alpha value is -2.38. The third-order valence-corrected chi connectivity index (χ3v) is 9.08. The van der Waals surface area contributed by atoms with Crippen molar-refractivity contribution < 1.29 is 22.7 Å². The molecule has 10 heteroatoms. The molecule has 1 spiro atoms. The summed E-state index contributed by atoms with van der Waals surface area (Å²) in [5.41, 5.74) is 0.973. The molecule has 2 atom stereocenters. The van der Waals surface area contributed by atoms with Crippen LogP contribution in [0, 0.1) is 18.3 Å². The van der Waals surface area contributed by atoms with Crippen LogP contribution in [0.4, 0.5) is 0 Å². The van der Waals surface area contributed by atoms with Gasteiger partial charge in [0.25, 0.3) is 15.9 Å². The van der Waals surface area contributed by atoms with E-state index < -0.39 is 33.4 Å². The van der Waals surface area contributed by atoms with Crippen molar-refractivity contribution in [3.05, 3.63) is 51.4 Å². The Morgan fingerprint density at radius 2 is 2.12 bits per heavy atom. The van der Waals surface area contributed by atoms with Crippen LogP contribution in [-0.4, -0.2) is 32.4 Å². The molecule has 1 saturated heterocycles. The predicted molar refractivity (Wildman–Crippen MR) is 121 cm³/mol. The summed E-state index contributed by atoms with van der Waals surface area (Å²) in [7, 11) is -4.16. The van der Waals surface area contributed by atoms with Gasteiger partial charge in [0.1, 0.15) is 8.55 Å². The topological polar surface area (TPSA) is 102 Å². The van der Waals surface area contributed by atoms with Crippen molar-refractivity contribution in [2.24, 2.45) is 5.92 Å². The highest BCUT2D eigenvalue weighted by Gasteiger charge is 2.54. The van der Waals surface area contributed by atoms with E-state index in [-0.39, 0.29) is 20.7 Å². The molecule has 2 fully saturated rings. The number of hydrogen-bond acceptors (Lipinski definition) is 6. The Balaban J connectivity index is 1.43. The summed E-state index contributed by atoms with van der Waals surface area (Å²) in [6, 6.07) is 8.31. The SMILES string of the molecule is C#Cc1cccc(CNC(=O)c2cc(S(=O)(=O)NC(=O)C3CCC34CCCO4)sc2Cl)c1. The molecule has 2 N–H and O–H groups in total. The number of hydrogen-bond donors (Lipinski definition) is 2. The van der Waals surface area contributed by atoms with Crippen molar-refractivity contribution in [2.75, 3.05) is 6.61 Å². The van der Waals surface area contributed by atoms with Gasteiger partial charge in [-0.05, 0) is 49.4 Å². The van der Waals surface area contributed by atoms with E-state index in [1.54, 1.807) is 18.2 Å². The van der Waals surface area contributed by atoms with Gasteiger partial charge in [0.15, 0.2) is 0 Å². The van der Waals surface area contributed by atoms with Crippen molar-refractivity contribution in [2.45, 2.75) is 42.0 Å². The number of thiophene rings is 1. The minimum Gasteiger partial charge on any atom is -0.374 e. The van der Waals surface area contributed by atoms with E-state index in [1.165, 1.54) is 6.07 Å². The van der Waals surface area contributed by atoms with Gasteiger partial charge in [-0.3, -0.25) is 9.59 Å². The van der Waals surface area contributed by atoms with Gasteiger partial charge in [-0.15, -0.1) is 17.8 Å². The molecule has 7 nitrogen and oxygen atoms in total. The number of nitrogens with one attached hydrogen (secondary N) is 2. The van der Waals surface area contributed by atoms with Crippen molar-refractivity contribution in [1.82, 2.24) is 10.0 Å². The molecule has 2 unspecified atom stereocenters. The standard InChI is InChI=1S/C22H21ClN2O5S2/c1-2-14-5-3-6-15(11-14)13-24-20(26)16-12-18(31-19(16)23)32(28,29)25-21(27)17-7-9-22(17)8-4-10-30-22/h1,3,5-6,11-12,17H,4,7-10,13H2,(H,24,26)(H,25,27). The highest BCUT2D eigenvalue weighted by molar-refractivity contribution is 7.92. The summed E-state index contributed by atoms with van der Waals surface area (Å²) in [5, 5.41) is 2.70. The van der Waals surface area contributed by atoms with Crippen LogP contribution in [0.2, 0.25) is 4.34 Å². The molecule has 1 saturated carbocycles. The molecule has 2 aromatic rings. The number of benzene rings is 1. The van der Waals surface area contributed by atoms with Crippen molar-refractivity contribution >= 4 is 44.8 Å². The second kappa shape index (κ2) is 8.87. The van der Waals surface area contributed by atoms with E-state index in [9.17, 15) is 18.0 Å². The molecule has 1 aliphatic carbocycles. The van der Waals surface area contributed by atoms with Crippen LogP contribution in [-0.2, 0) is 26.1 Å². The summed E-state index contributed by atoms with van der Waals surface area (Å²) < 4.78 is 33.2. The number of halogens is 1. The molecular formula is C22H21ClN2O5S2. The summed E-state index contributed by atoms with van der Waals surface area (Å²) in [6.45, 7) is 0.783. The third-order valence-electron chi connectivity index (χ3n) is 5.90. The Morgan fingerprint density at radius 3 is 2.78 bits per heavy atom. The fourth-order valence-corrected chi connectivity index (χ4v) is 6.85. The van der Waals surface area contributed by atoms with Gasteiger partial charge in [0.05, 0.1) is 17.1 Å². The van der Waals surface area contributed by atoms with E-state index in [0.29, 0.717) is 18.6 Å². The van der Waals surface area contributed by atoms with E-state index in [4.69, 9.17) is 22.8 Å². The fourth-order valence-electron chi connectivity index (χ4n) is 4.11. The summed E-state index contributed by atoms with van der Waals surface area (Å²) >= 11 is 6.87. The Labute approximate surface area is 195 Å². The zero-order chi connectivity index (χ0) is 22.9. The molecule has 168 valence electrons. The summed E-state index contributed by atoms with van der Waals surface area (Å²) in [6.07, 6.45) is 8.34. The highest BCUT2D eigenvalue weighted by Crippen LogP contribution is 2.48. The average Bonchev–Trinajstić information content (AvgIpc) is 3.40. The van der Waals surface area contributed by atoms with Crippen LogP contribution >= 0.6 is 22.9 Å². The molecular weight excluding hydrogens is 472 g/mol. The molecule has 0 radical (unpaired) electrons. The number of carbonyl (C=O) groups excluding carboxylic acids is 2. The first-order valence-corrected chi connectivity index (χ1v) is 12.8. The van der Waals surface area contributed by atoms with Crippen molar-refractivity contribution in [1.29, 1.82) is 0 Å². The fraction of sp³-hybridized carbons (Fsp3) is 0.364.